The Bertz CT molecular complexity index is 1410. The van der Waals surface area contributed by atoms with E-state index < -0.39 is 53.2 Å². The first-order chi connectivity index (χ1) is 24.0. The van der Waals surface area contributed by atoms with Crippen molar-refractivity contribution in [2.45, 2.75) is 146 Å². The Morgan fingerprint density at radius 2 is 1.22 bits per heavy atom. The van der Waals surface area contributed by atoms with Crippen molar-refractivity contribution >= 4 is 0 Å². The number of benzene rings is 2. The molecule has 0 radical (unpaired) electrons. The zero-order chi connectivity index (χ0) is 37.1. The summed E-state index contributed by atoms with van der Waals surface area (Å²) in [5.74, 6) is -11.3. The summed E-state index contributed by atoms with van der Waals surface area (Å²) < 4.78 is 158. The van der Waals surface area contributed by atoms with Gasteiger partial charge >= 0.3 is 18.2 Å². The van der Waals surface area contributed by atoms with E-state index in [4.69, 9.17) is 0 Å². The third-order valence-electron chi connectivity index (χ3n) is 11.9. The Morgan fingerprint density at radius 3 is 1.75 bits per heavy atom. The molecule has 5 rings (SSSR count). The van der Waals surface area contributed by atoms with Crippen molar-refractivity contribution in [2.24, 2.45) is 23.7 Å². The highest BCUT2D eigenvalue weighted by molar-refractivity contribution is 5.34. The second-order valence-corrected chi connectivity index (χ2v) is 15.2. The minimum absolute atomic E-state index is 0.0184. The van der Waals surface area contributed by atoms with Gasteiger partial charge < -0.3 is 4.74 Å². The molecule has 3 aliphatic rings. The van der Waals surface area contributed by atoms with Crippen molar-refractivity contribution < 1.29 is 53.0 Å². The van der Waals surface area contributed by atoms with Crippen LogP contribution in [0.15, 0.2) is 30.3 Å². The van der Waals surface area contributed by atoms with Crippen LogP contribution in [0, 0.1) is 41.1 Å². The van der Waals surface area contributed by atoms with E-state index in [0.717, 1.165) is 55.6 Å². The molecule has 0 heterocycles. The van der Waals surface area contributed by atoms with Gasteiger partial charge in [0.15, 0.2) is 0 Å². The maximum atomic E-state index is 15.4. The number of hydrogen-bond donors (Lipinski definition) is 0. The molecule has 2 aromatic rings. The van der Waals surface area contributed by atoms with Gasteiger partial charge in [-0.1, -0.05) is 44.7 Å². The highest BCUT2D eigenvalue weighted by Gasteiger charge is 2.60. The average molecular weight is 741 g/mol. The quantitative estimate of drug-likeness (QED) is 0.156. The first kappa shape index (κ1) is 39.7. The second kappa shape index (κ2) is 16.2. The monoisotopic (exact) mass is 740 g/mol. The number of rotatable bonds is 12. The maximum Gasteiger partial charge on any atom is 0.426 e. The molecule has 3 fully saturated rings. The second-order valence-electron chi connectivity index (χ2n) is 15.2. The fraction of sp³-hybridized carbons (Fsp3) is 0.692. The fourth-order valence-electron chi connectivity index (χ4n) is 8.92. The smallest absolute Gasteiger partial charge is 0.426 e. The van der Waals surface area contributed by atoms with Gasteiger partial charge in [0.1, 0.15) is 23.2 Å². The van der Waals surface area contributed by atoms with E-state index in [0.29, 0.717) is 18.8 Å². The zero-order valence-corrected chi connectivity index (χ0v) is 28.8. The number of hydrogen-bond acceptors (Lipinski definition) is 1. The maximum absolute atomic E-state index is 15.4. The number of ether oxygens (including phenoxy) is 1. The standard InChI is InChI=1S/C39H47F11O/c1-2-3-4-5-23-6-8-26(9-7-23)28-16-19-31(32(40)20-28)27-12-10-24(11-13-27)25-14-17-29(18-15-25)39(49,50)51-30-21-33(41)35(34(42)22-30)37(44,45)36(43)38(46,47)48/h16,19-27,29,36H,2-15,17-18H2,1H3. The van der Waals surface area contributed by atoms with Crippen LogP contribution < -0.4 is 4.74 Å². The summed E-state index contributed by atoms with van der Waals surface area (Å²) in [4.78, 5) is 0. The van der Waals surface area contributed by atoms with Gasteiger partial charge in [-0.05, 0) is 124 Å². The highest BCUT2D eigenvalue weighted by Crippen LogP contribution is 2.49. The van der Waals surface area contributed by atoms with Gasteiger partial charge in [-0.3, -0.25) is 0 Å². The van der Waals surface area contributed by atoms with E-state index >= 15 is 13.2 Å². The van der Waals surface area contributed by atoms with Crippen molar-refractivity contribution in [3.63, 3.8) is 0 Å². The number of alkyl halides is 8. The lowest BCUT2D eigenvalue weighted by molar-refractivity contribution is -0.249. The van der Waals surface area contributed by atoms with Crippen molar-refractivity contribution in [1.82, 2.24) is 0 Å². The predicted molar refractivity (Wildman–Crippen MR) is 172 cm³/mol. The highest BCUT2D eigenvalue weighted by atomic mass is 19.4. The van der Waals surface area contributed by atoms with Gasteiger partial charge in [0, 0.05) is 12.1 Å². The van der Waals surface area contributed by atoms with Gasteiger partial charge in [0.2, 0.25) is 0 Å². The largest absolute Gasteiger partial charge is 0.432 e. The molecule has 0 aromatic heterocycles. The predicted octanol–water partition coefficient (Wildman–Crippen LogP) is 13.7. The molecule has 2 aromatic carbocycles. The van der Waals surface area contributed by atoms with Gasteiger partial charge in [0.05, 0.1) is 11.5 Å². The molecule has 0 bridgehead atoms. The SMILES string of the molecule is CCCCCC1CCC(c2ccc(C3CCC(C4CCC(C(F)(F)Oc5cc(F)c(C(F)(F)C(F)C(F)(F)F)c(F)c5)CC4)CC3)c(F)c2)CC1. The number of unbranched alkanes of at least 4 members (excludes halogenated alkanes) is 2. The Labute approximate surface area is 292 Å². The van der Waals surface area contributed by atoms with Crippen molar-refractivity contribution in [2.75, 3.05) is 0 Å². The third-order valence-corrected chi connectivity index (χ3v) is 11.9. The normalized spacial score (nSPS) is 27.3. The van der Waals surface area contributed by atoms with Crippen LogP contribution in [0.5, 0.6) is 5.75 Å². The summed E-state index contributed by atoms with van der Waals surface area (Å²) in [7, 11) is 0. The number of halogens is 11. The van der Waals surface area contributed by atoms with Gasteiger partial charge in [-0.2, -0.15) is 30.7 Å². The molecule has 12 heteroatoms. The third kappa shape index (κ3) is 9.35. The lowest BCUT2D eigenvalue weighted by Crippen LogP contribution is -2.41. The summed E-state index contributed by atoms with van der Waals surface area (Å²) in [5.41, 5.74) is -0.705. The van der Waals surface area contributed by atoms with Crippen LogP contribution in [0.2, 0.25) is 0 Å². The summed E-state index contributed by atoms with van der Waals surface area (Å²) >= 11 is 0. The van der Waals surface area contributed by atoms with Crippen molar-refractivity contribution in [3.05, 3.63) is 64.5 Å². The van der Waals surface area contributed by atoms with Crippen LogP contribution in [0.1, 0.15) is 138 Å². The van der Waals surface area contributed by atoms with E-state index in [1.54, 1.807) is 6.07 Å². The molecular formula is C39H47F11O. The summed E-state index contributed by atoms with van der Waals surface area (Å²) in [6, 6.07) is 5.59. The first-order valence-corrected chi connectivity index (χ1v) is 18.5. The zero-order valence-electron chi connectivity index (χ0n) is 28.8. The first-order valence-electron chi connectivity index (χ1n) is 18.5. The van der Waals surface area contributed by atoms with E-state index in [-0.39, 0.29) is 48.5 Å². The van der Waals surface area contributed by atoms with Crippen LogP contribution in [0.25, 0.3) is 0 Å². The topological polar surface area (TPSA) is 9.23 Å². The lowest BCUT2D eigenvalue weighted by atomic mass is 9.68. The van der Waals surface area contributed by atoms with Crippen LogP contribution >= 0.6 is 0 Å². The molecule has 51 heavy (non-hydrogen) atoms. The lowest BCUT2D eigenvalue weighted by Gasteiger charge is -2.39. The Hall–Kier alpha value is -2.53. The summed E-state index contributed by atoms with van der Waals surface area (Å²) in [5, 5.41) is 0. The molecule has 0 amide bonds. The molecule has 286 valence electrons. The minimum Gasteiger partial charge on any atom is -0.432 e. The van der Waals surface area contributed by atoms with Crippen molar-refractivity contribution in [3.8, 4) is 5.75 Å². The fourth-order valence-corrected chi connectivity index (χ4v) is 8.92. The minimum atomic E-state index is -6.13. The van der Waals surface area contributed by atoms with Gasteiger partial charge in [0.25, 0.3) is 6.17 Å². The van der Waals surface area contributed by atoms with E-state index in [2.05, 4.69) is 17.7 Å². The molecule has 0 aliphatic heterocycles. The molecule has 1 unspecified atom stereocenters. The Morgan fingerprint density at radius 1 is 0.667 bits per heavy atom. The molecule has 1 atom stereocenters. The molecule has 0 N–H and O–H groups in total. The van der Waals surface area contributed by atoms with E-state index in [1.807, 2.05) is 6.07 Å². The van der Waals surface area contributed by atoms with Gasteiger partial charge in [-0.15, -0.1) is 0 Å². The molecule has 3 saturated carbocycles. The Kier molecular flexibility index (Phi) is 12.6. The van der Waals surface area contributed by atoms with Gasteiger partial charge in [-0.25, -0.2) is 17.6 Å². The molecule has 3 aliphatic carbocycles. The molecular weight excluding hydrogens is 693 g/mol. The molecule has 0 saturated heterocycles. The summed E-state index contributed by atoms with van der Waals surface area (Å²) in [6.45, 7) is 2.21. The molecule has 1 nitrogen and oxygen atoms in total. The van der Waals surface area contributed by atoms with Crippen molar-refractivity contribution in [1.29, 1.82) is 0 Å². The van der Waals surface area contributed by atoms with Crippen LogP contribution in [0.4, 0.5) is 48.3 Å². The van der Waals surface area contributed by atoms with E-state index in [9.17, 15) is 35.1 Å². The average Bonchev–Trinajstić information content (AvgIpc) is 3.07. The van der Waals surface area contributed by atoms with Crippen LogP contribution in [-0.4, -0.2) is 18.5 Å². The Balaban J connectivity index is 1.10. The molecule has 0 spiro atoms. The van der Waals surface area contributed by atoms with E-state index in [1.165, 1.54) is 38.5 Å². The van der Waals surface area contributed by atoms with Crippen LogP contribution in [0.3, 0.4) is 0 Å². The van der Waals surface area contributed by atoms with Crippen LogP contribution in [-0.2, 0) is 5.92 Å². The summed E-state index contributed by atoms with van der Waals surface area (Å²) in [6.07, 6.45) is -1.16.